The molecule has 1 saturated heterocycles. The lowest BCUT2D eigenvalue weighted by Crippen LogP contribution is -2.35. The van der Waals surface area contributed by atoms with Gasteiger partial charge in [-0.05, 0) is 41.7 Å². The number of benzene rings is 2. The van der Waals surface area contributed by atoms with Crippen LogP contribution in [0.2, 0.25) is 0 Å². The molecular formula is C20H19N3O. The highest BCUT2D eigenvalue weighted by Gasteiger charge is 2.34. The Labute approximate surface area is 141 Å². The van der Waals surface area contributed by atoms with Gasteiger partial charge >= 0.3 is 0 Å². The standard InChI is InChI=1S/C20H19N3O/c21-14-22-10-8-18(13-22)20(24)23-11-9-17-12-16(6-7-19(17)23)15-4-2-1-3-5-15/h1-7,12,18H,8-11,13H2. The Bertz CT molecular complexity index is 809. The molecule has 2 aliphatic rings. The van der Waals surface area contributed by atoms with Gasteiger partial charge in [0.25, 0.3) is 0 Å². The summed E-state index contributed by atoms with van der Waals surface area (Å²) in [6.45, 7) is 2.00. The topological polar surface area (TPSA) is 47.3 Å². The van der Waals surface area contributed by atoms with Crippen LogP contribution >= 0.6 is 0 Å². The number of nitriles is 1. The van der Waals surface area contributed by atoms with Crippen molar-refractivity contribution in [3.8, 4) is 17.3 Å². The third-order valence-electron chi connectivity index (χ3n) is 5.03. The molecule has 1 amide bonds. The summed E-state index contributed by atoms with van der Waals surface area (Å²) in [6, 6.07) is 16.7. The lowest BCUT2D eigenvalue weighted by molar-refractivity contribution is -0.121. The van der Waals surface area contributed by atoms with E-state index >= 15 is 0 Å². The molecule has 2 heterocycles. The third-order valence-corrected chi connectivity index (χ3v) is 5.03. The molecule has 4 nitrogen and oxygen atoms in total. The maximum Gasteiger partial charge on any atom is 0.231 e. The van der Waals surface area contributed by atoms with Crippen LogP contribution in [0.25, 0.3) is 11.1 Å². The highest BCUT2D eigenvalue weighted by Crippen LogP contribution is 2.34. The molecule has 2 aromatic rings. The van der Waals surface area contributed by atoms with Crippen LogP contribution in [0.3, 0.4) is 0 Å². The summed E-state index contributed by atoms with van der Waals surface area (Å²) in [6.07, 6.45) is 3.82. The fourth-order valence-electron chi connectivity index (χ4n) is 3.71. The van der Waals surface area contributed by atoms with Crippen LogP contribution in [-0.4, -0.2) is 30.4 Å². The molecule has 24 heavy (non-hydrogen) atoms. The second-order valence-electron chi connectivity index (χ2n) is 6.48. The predicted molar refractivity (Wildman–Crippen MR) is 93.2 cm³/mol. The lowest BCUT2D eigenvalue weighted by atomic mass is 10.0. The maximum absolute atomic E-state index is 12.8. The molecule has 0 saturated carbocycles. The van der Waals surface area contributed by atoms with Crippen molar-refractivity contribution in [2.45, 2.75) is 12.8 Å². The number of hydrogen-bond donors (Lipinski definition) is 0. The van der Waals surface area contributed by atoms with Gasteiger partial charge in [0, 0.05) is 25.3 Å². The van der Waals surface area contributed by atoms with E-state index in [0.29, 0.717) is 13.1 Å². The number of likely N-dealkylation sites (tertiary alicyclic amines) is 1. The second-order valence-corrected chi connectivity index (χ2v) is 6.48. The Morgan fingerprint density at radius 3 is 2.67 bits per heavy atom. The van der Waals surface area contributed by atoms with E-state index in [-0.39, 0.29) is 11.8 Å². The number of carbonyl (C=O) groups excluding carboxylic acids is 1. The molecule has 0 N–H and O–H groups in total. The number of amides is 1. The molecule has 0 spiro atoms. The minimum absolute atomic E-state index is 0.0515. The highest BCUT2D eigenvalue weighted by molar-refractivity contribution is 5.97. The van der Waals surface area contributed by atoms with E-state index in [2.05, 4.69) is 36.5 Å². The third kappa shape index (κ3) is 2.52. The molecule has 0 bridgehead atoms. The van der Waals surface area contributed by atoms with E-state index in [4.69, 9.17) is 5.26 Å². The van der Waals surface area contributed by atoms with E-state index < -0.39 is 0 Å². The summed E-state index contributed by atoms with van der Waals surface area (Å²) in [5, 5.41) is 8.98. The fraction of sp³-hybridized carbons (Fsp3) is 0.300. The molecule has 0 aliphatic carbocycles. The fourth-order valence-corrected chi connectivity index (χ4v) is 3.71. The van der Waals surface area contributed by atoms with Gasteiger partial charge < -0.3 is 9.80 Å². The first-order valence-electron chi connectivity index (χ1n) is 8.40. The Balaban J connectivity index is 1.57. The molecule has 4 heteroatoms. The molecule has 0 radical (unpaired) electrons. The average Bonchev–Trinajstić information content (AvgIpc) is 3.28. The molecule has 2 aromatic carbocycles. The van der Waals surface area contributed by atoms with Gasteiger partial charge in [0.05, 0.1) is 5.92 Å². The van der Waals surface area contributed by atoms with Crippen LogP contribution in [0.1, 0.15) is 12.0 Å². The Morgan fingerprint density at radius 1 is 1.08 bits per heavy atom. The minimum Gasteiger partial charge on any atom is -0.312 e. The minimum atomic E-state index is -0.0515. The zero-order valence-corrected chi connectivity index (χ0v) is 13.5. The van der Waals surface area contributed by atoms with Gasteiger partial charge in [-0.2, -0.15) is 5.26 Å². The largest absolute Gasteiger partial charge is 0.312 e. The van der Waals surface area contributed by atoms with E-state index in [9.17, 15) is 4.79 Å². The molecule has 1 unspecified atom stereocenters. The smallest absolute Gasteiger partial charge is 0.231 e. The summed E-state index contributed by atoms with van der Waals surface area (Å²) in [5.74, 6) is 0.114. The molecular weight excluding hydrogens is 298 g/mol. The van der Waals surface area contributed by atoms with Crippen molar-refractivity contribution in [3.63, 3.8) is 0 Å². The van der Waals surface area contributed by atoms with Crippen LogP contribution in [0.5, 0.6) is 0 Å². The van der Waals surface area contributed by atoms with Crippen LogP contribution < -0.4 is 4.90 Å². The van der Waals surface area contributed by atoms with Gasteiger partial charge in [0.1, 0.15) is 0 Å². The first-order valence-corrected chi connectivity index (χ1v) is 8.40. The Morgan fingerprint density at radius 2 is 1.92 bits per heavy atom. The first-order chi connectivity index (χ1) is 11.8. The summed E-state index contributed by atoms with van der Waals surface area (Å²) in [5.41, 5.74) is 4.67. The van der Waals surface area contributed by atoms with Gasteiger partial charge in [-0.25, -0.2) is 0 Å². The van der Waals surface area contributed by atoms with Gasteiger partial charge in [0.15, 0.2) is 6.19 Å². The lowest BCUT2D eigenvalue weighted by Gasteiger charge is -2.21. The van der Waals surface area contributed by atoms with E-state index in [1.165, 1.54) is 16.7 Å². The number of carbonyl (C=O) groups is 1. The SMILES string of the molecule is N#CN1CCC(C(=O)N2CCc3cc(-c4ccccc4)ccc32)C1. The number of hydrogen-bond acceptors (Lipinski definition) is 3. The zero-order valence-electron chi connectivity index (χ0n) is 13.5. The highest BCUT2D eigenvalue weighted by atomic mass is 16.2. The predicted octanol–water partition coefficient (Wildman–Crippen LogP) is 3.05. The Hall–Kier alpha value is -2.80. The first kappa shape index (κ1) is 14.8. The molecule has 1 atom stereocenters. The number of anilines is 1. The zero-order chi connectivity index (χ0) is 16.5. The van der Waals surface area contributed by atoms with Crippen molar-refractivity contribution in [1.29, 1.82) is 5.26 Å². The molecule has 120 valence electrons. The molecule has 4 rings (SSSR count). The normalized spacial score (nSPS) is 19.2. The van der Waals surface area contributed by atoms with Gasteiger partial charge in [0.2, 0.25) is 5.91 Å². The van der Waals surface area contributed by atoms with E-state index in [0.717, 1.165) is 25.1 Å². The monoisotopic (exact) mass is 317 g/mol. The average molecular weight is 317 g/mol. The molecule has 1 fully saturated rings. The van der Waals surface area contributed by atoms with Crippen molar-refractivity contribution in [2.75, 3.05) is 24.5 Å². The summed E-state index contributed by atoms with van der Waals surface area (Å²) < 4.78 is 0. The second kappa shape index (κ2) is 6.01. The Kier molecular flexibility index (Phi) is 3.70. The van der Waals surface area contributed by atoms with Crippen LogP contribution in [0.4, 0.5) is 5.69 Å². The van der Waals surface area contributed by atoms with Crippen molar-refractivity contribution in [1.82, 2.24) is 4.90 Å². The van der Waals surface area contributed by atoms with Gasteiger partial charge in [-0.3, -0.25) is 4.79 Å². The van der Waals surface area contributed by atoms with Crippen molar-refractivity contribution in [3.05, 3.63) is 54.1 Å². The maximum atomic E-state index is 12.8. The summed E-state index contributed by atoms with van der Waals surface area (Å²) in [7, 11) is 0. The van der Waals surface area contributed by atoms with Crippen molar-refractivity contribution < 1.29 is 4.79 Å². The van der Waals surface area contributed by atoms with Crippen LogP contribution in [0, 0.1) is 17.4 Å². The number of fused-ring (bicyclic) bond motifs is 1. The summed E-state index contributed by atoms with van der Waals surface area (Å²) >= 11 is 0. The van der Waals surface area contributed by atoms with Crippen molar-refractivity contribution >= 4 is 11.6 Å². The van der Waals surface area contributed by atoms with Crippen molar-refractivity contribution in [2.24, 2.45) is 5.92 Å². The summed E-state index contributed by atoms with van der Waals surface area (Å²) in [4.78, 5) is 16.4. The van der Waals surface area contributed by atoms with Gasteiger partial charge in [-0.1, -0.05) is 36.4 Å². The quantitative estimate of drug-likeness (QED) is 0.800. The number of nitrogens with zero attached hydrogens (tertiary/aromatic N) is 3. The van der Waals surface area contributed by atoms with Crippen LogP contribution in [0.15, 0.2) is 48.5 Å². The van der Waals surface area contributed by atoms with E-state index in [1.807, 2.05) is 23.1 Å². The van der Waals surface area contributed by atoms with E-state index in [1.54, 1.807) is 4.90 Å². The molecule has 0 aromatic heterocycles. The number of rotatable bonds is 2. The van der Waals surface area contributed by atoms with Crippen LogP contribution in [-0.2, 0) is 11.2 Å². The molecule has 2 aliphatic heterocycles. The van der Waals surface area contributed by atoms with Gasteiger partial charge in [-0.15, -0.1) is 0 Å².